The van der Waals surface area contributed by atoms with Crippen molar-refractivity contribution in [2.24, 2.45) is 5.92 Å². The molecule has 0 saturated carbocycles. The van der Waals surface area contributed by atoms with Gasteiger partial charge >= 0.3 is 6.18 Å². The predicted octanol–water partition coefficient (Wildman–Crippen LogP) is 3.28. The highest BCUT2D eigenvalue weighted by atomic mass is 19.4. The average Bonchev–Trinajstić information content (AvgIpc) is 3.18. The Morgan fingerprint density at radius 1 is 1.29 bits per heavy atom. The van der Waals surface area contributed by atoms with Gasteiger partial charge in [0.05, 0.1) is 29.8 Å². The number of aliphatic hydroxyl groups excluding tert-OH is 1. The van der Waals surface area contributed by atoms with Crippen molar-refractivity contribution in [3.8, 4) is 0 Å². The number of halogens is 3. The average molecular weight is 392 g/mol. The lowest BCUT2D eigenvalue weighted by Crippen LogP contribution is -2.41. The van der Waals surface area contributed by atoms with E-state index in [1.807, 2.05) is 13.0 Å². The first kappa shape index (κ1) is 18.9. The zero-order chi connectivity index (χ0) is 20.1. The third-order valence-electron chi connectivity index (χ3n) is 5.39. The maximum Gasteiger partial charge on any atom is 0.416 e. The minimum absolute atomic E-state index is 0.0767. The van der Waals surface area contributed by atoms with Gasteiger partial charge in [-0.3, -0.25) is 9.78 Å². The van der Waals surface area contributed by atoms with Gasteiger partial charge in [-0.05, 0) is 42.8 Å². The predicted molar refractivity (Wildman–Crippen MR) is 94.6 cm³/mol. The number of fused-ring (bicyclic) bond motifs is 2. The van der Waals surface area contributed by atoms with Gasteiger partial charge < -0.3 is 15.2 Å². The molecule has 0 radical (unpaired) electrons. The van der Waals surface area contributed by atoms with Gasteiger partial charge in [0.2, 0.25) is 5.91 Å². The molecule has 1 aromatic carbocycles. The Balaban J connectivity index is 1.61. The Morgan fingerprint density at radius 2 is 2.07 bits per heavy atom. The summed E-state index contributed by atoms with van der Waals surface area (Å²) in [7, 11) is 0. The molecule has 2 aliphatic rings. The Labute approximate surface area is 159 Å². The Morgan fingerprint density at radius 3 is 2.79 bits per heavy atom. The quantitative estimate of drug-likeness (QED) is 0.841. The molecule has 0 aliphatic carbocycles. The summed E-state index contributed by atoms with van der Waals surface area (Å²) < 4.78 is 44.6. The number of hydrogen-bond donors (Lipinski definition) is 2. The van der Waals surface area contributed by atoms with Gasteiger partial charge in [-0.25, -0.2) is 0 Å². The van der Waals surface area contributed by atoms with Crippen molar-refractivity contribution in [1.29, 1.82) is 0 Å². The molecule has 1 amide bonds. The second-order valence-electron chi connectivity index (χ2n) is 7.29. The number of amides is 1. The fourth-order valence-electron chi connectivity index (χ4n) is 4.21. The highest BCUT2D eigenvalue weighted by Gasteiger charge is 2.57. The van der Waals surface area contributed by atoms with Crippen molar-refractivity contribution in [2.75, 3.05) is 5.32 Å². The van der Waals surface area contributed by atoms with Crippen molar-refractivity contribution in [1.82, 2.24) is 4.98 Å². The molecular formula is C20H19F3N2O3. The Bertz CT molecular complexity index is 902. The third-order valence-corrected chi connectivity index (χ3v) is 5.39. The molecule has 5 atom stereocenters. The molecule has 2 N–H and O–H groups in total. The largest absolute Gasteiger partial charge is 0.416 e. The SMILES string of the molecule is Cc1cc([C@H]2[C@H]3O[C@H](C[C@@H]3O)[C@H]2C(=O)Nc2cccc(C(F)(F)F)c2)ccn1. The third kappa shape index (κ3) is 3.38. The van der Waals surface area contributed by atoms with E-state index in [9.17, 15) is 23.1 Å². The van der Waals surface area contributed by atoms with Gasteiger partial charge in [0, 0.05) is 29.9 Å². The van der Waals surface area contributed by atoms with Crippen LogP contribution in [0, 0.1) is 12.8 Å². The van der Waals surface area contributed by atoms with Crippen LogP contribution in [0.1, 0.15) is 29.2 Å². The first-order valence-electron chi connectivity index (χ1n) is 8.98. The lowest BCUT2D eigenvalue weighted by Gasteiger charge is -2.30. The van der Waals surface area contributed by atoms with E-state index in [0.29, 0.717) is 6.42 Å². The summed E-state index contributed by atoms with van der Waals surface area (Å²) >= 11 is 0. The van der Waals surface area contributed by atoms with Crippen LogP contribution in [0.25, 0.3) is 0 Å². The van der Waals surface area contributed by atoms with Crippen LogP contribution in [-0.2, 0) is 15.7 Å². The van der Waals surface area contributed by atoms with Gasteiger partial charge in [-0.1, -0.05) is 6.07 Å². The number of benzene rings is 1. The van der Waals surface area contributed by atoms with Crippen molar-refractivity contribution in [3.63, 3.8) is 0 Å². The van der Waals surface area contributed by atoms with E-state index in [0.717, 1.165) is 23.4 Å². The molecule has 4 rings (SSSR count). The van der Waals surface area contributed by atoms with Crippen LogP contribution < -0.4 is 5.32 Å². The molecule has 3 heterocycles. The van der Waals surface area contributed by atoms with Gasteiger partial charge in [-0.2, -0.15) is 13.2 Å². The highest BCUT2D eigenvalue weighted by molar-refractivity contribution is 5.94. The summed E-state index contributed by atoms with van der Waals surface area (Å²) in [5, 5.41) is 12.8. The van der Waals surface area contributed by atoms with Gasteiger partial charge in [0.15, 0.2) is 0 Å². The number of carbonyl (C=O) groups is 1. The lowest BCUT2D eigenvalue weighted by molar-refractivity contribution is -0.137. The van der Waals surface area contributed by atoms with Gasteiger partial charge in [0.1, 0.15) is 0 Å². The number of aromatic nitrogens is 1. The van der Waals surface area contributed by atoms with E-state index >= 15 is 0 Å². The van der Waals surface area contributed by atoms with Crippen LogP contribution in [0.5, 0.6) is 0 Å². The van der Waals surface area contributed by atoms with Crippen LogP contribution in [0.3, 0.4) is 0 Å². The number of pyridine rings is 1. The van der Waals surface area contributed by atoms with Crippen molar-refractivity contribution in [3.05, 3.63) is 59.4 Å². The number of aliphatic hydroxyl groups is 1. The number of rotatable bonds is 3. The number of hydrogen-bond acceptors (Lipinski definition) is 4. The van der Waals surface area contributed by atoms with E-state index in [-0.39, 0.29) is 11.6 Å². The molecule has 2 aliphatic heterocycles. The number of alkyl halides is 3. The van der Waals surface area contributed by atoms with Crippen LogP contribution in [0.2, 0.25) is 0 Å². The summed E-state index contributed by atoms with van der Waals surface area (Å²) in [5.74, 6) is -1.41. The number of nitrogens with one attached hydrogen (secondary N) is 1. The minimum Gasteiger partial charge on any atom is -0.390 e. The fourth-order valence-corrected chi connectivity index (χ4v) is 4.21. The number of aryl methyl sites for hydroxylation is 1. The molecule has 0 spiro atoms. The van der Waals surface area contributed by atoms with Crippen LogP contribution >= 0.6 is 0 Å². The van der Waals surface area contributed by atoms with Crippen molar-refractivity contribution < 1.29 is 27.8 Å². The summed E-state index contributed by atoms with van der Waals surface area (Å²) in [6, 6.07) is 8.15. The van der Waals surface area contributed by atoms with Crippen molar-refractivity contribution in [2.45, 2.75) is 43.8 Å². The minimum atomic E-state index is -4.49. The smallest absolute Gasteiger partial charge is 0.390 e. The molecule has 5 nitrogen and oxygen atoms in total. The lowest BCUT2D eigenvalue weighted by atomic mass is 9.74. The van der Waals surface area contributed by atoms with E-state index in [2.05, 4.69) is 10.3 Å². The summed E-state index contributed by atoms with van der Waals surface area (Å²) in [4.78, 5) is 17.1. The molecule has 1 aromatic heterocycles. The maximum absolute atomic E-state index is 13.0. The van der Waals surface area contributed by atoms with Crippen LogP contribution in [0.4, 0.5) is 18.9 Å². The number of anilines is 1. The molecule has 2 saturated heterocycles. The maximum atomic E-state index is 13.0. The molecule has 148 valence electrons. The topological polar surface area (TPSA) is 71.5 Å². The Kier molecular flexibility index (Phi) is 4.63. The molecule has 2 fully saturated rings. The van der Waals surface area contributed by atoms with E-state index in [4.69, 9.17) is 4.74 Å². The van der Waals surface area contributed by atoms with Crippen LogP contribution in [-0.4, -0.2) is 34.3 Å². The van der Waals surface area contributed by atoms with Gasteiger partial charge in [-0.15, -0.1) is 0 Å². The van der Waals surface area contributed by atoms with E-state index in [1.165, 1.54) is 12.1 Å². The number of carbonyl (C=O) groups excluding carboxylic acids is 1. The van der Waals surface area contributed by atoms with E-state index < -0.39 is 41.9 Å². The van der Waals surface area contributed by atoms with Crippen LogP contribution in [0.15, 0.2) is 42.6 Å². The van der Waals surface area contributed by atoms with E-state index in [1.54, 1.807) is 12.3 Å². The normalized spacial score (nSPS) is 29.1. The molecule has 28 heavy (non-hydrogen) atoms. The summed E-state index contributed by atoms with van der Waals surface area (Å²) in [6.45, 7) is 1.83. The molecule has 8 heteroatoms. The number of ether oxygens (including phenoxy) is 1. The zero-order valence-electron chi connectivity index (χ0n) is 15.0. The second-order valence-corrected chi connectivity index (χ2v) is 7.29. The second kappa shape index (κ2) is 6.86. The Hall–Kier alpha value is -2.45. The first-order valence-corrected chi connectivity index (χ1v) is 8.98. The highest BCUT2D eigenvalue weighted by Crippen LogP contribution is 2.49. The first-order chi connectivity index (χ1) is 13.2. The fraction of sp³-hybridized carbons (Fsp3) is 0.400. The molecule has 2 aromatic rings. The van der Waals surface area contributed by atoms with Crippen molar-refractivity contribution >= 4 is 11.6 Å². The standard InChI is InChI=1S/C20H19F3N2O3/c1-10-7-11(5-6-24-10)16-17(15-9-14(26)18(16)28-15)19(27)25-13-4-2-3-12(8-13)20(21,22)23/h2-8,14-18,26H,9H2,1H3,(H,25,27)/t14-,15+,16+,17+,18-/m0/s1. The molecular weight excluding hydrogens is 373 g/mol. The zero-order valence-corrected chi connectivity index (χ0v) is 15.0. The number of nitrogens with zero attached hydrogens (tertiary/aromatic N) is 1. The molecule has 2 bridgehead atoms. The monoisotopic (exact) mass is 392 g/mol. The summed E-state index contributed by atoms with van der Waals surface area (Å²) in [6.07, 6.45) is -4.22. The van der Waals surface area contributed by atoms with Gasteiger partial charge in [0.25, 0.3) is 0 Å². The summed E-state index contributed by atoms with van der Waals surface area (Å²) in [5.41, 5.74) is 0.841. The molecule has 0 unspecified atom stereocenters.